The Labute approximate surface area is 86.1 Å². The smallest absolute Gasteiger partial charge is 0.159 e. The Morgan fingerprint density at radius 2 is 1.73 bits per heavy atom. The topological polar surface area (TPSA) is 17.1 Å². The highest BCUT2D eigenvalue weighted by atomic mass is 19.2. The number of aldehydes is 1. The standard InChI is InChI=1S/C12H10F2O/c13-10-1-7-3-12(5-9(12)6-15)4-8(7)2-11(10)14/h1-2,6,9H,3-5H2. The molecular formula is C12H10F2O. The van der Waals surface area contributed by atoms with Gasteiger partial charge in [-0.1, -0.05) is 0 Å². The zero-order chi connectivity index (χ0) is 10.6. The highest BCUT2D eigenvalue weighted by Gasteiger charge is 2.56. The van der Waals surface area contributed by atoms with Crippen molar-refractivity contribution in [3.8, 4) is 0 Å². The minimum atomic E-state index is -0.783. The first-order valence-electron chi connectivity index (χ1n) is 5.07. The molecule has 1 unspecified atom stereocenters. The van der Waals surface area contributed by atoms with E-state index in [-0.39, 0.29) is 11.3 Å². The van der Waals surface area contributed by atoms with Crippen LogP contribution in [0, 0.1) is 23.0 Å². The average molecular weight is 208 g/mol. The van der Waals surface area contributed by atoms with Gasteiger partial charge in [0.15, 0.2) is 11.6 Å². The van der Waals surface area contributed by atoms with Gasteiger partial charge in [-0.15, -0.1) is 0 Å². The minimum Gasteiger partial charge on any atom is -0.303 e. The van der Waals surface area contributed by atoms with Gasteiger partial charge in [0.1, 0.15) is 6.29 Å². The fourth-order valence-corrected chi connectivity index (χ4v) is 2.76. The van der Waals surface area contributed by atoms with Gasteiger partial charge < -0.3 is 4.79 Å². The van der Waals surface area contributed by atoms with E-state index in [1.54, 1.807) is 0 Å². The van der Waals surface area contributed by atoms with Crippen molar-refractivity contribution < 1.29 is 13.6 Å². The molecule has 3 heteroatoms. The number of hydrogen-bond acceptors (Lipinski definition) is 1. The summed E-state index contributed by atoms with van der Waals surface area (Å²) in [6.07, 6.45) is 3.29. The van der Waals surface area contributed by atoms with Gasteiger partial charge in [0.05, 0.1) is 0 Å². The van der Waals surface area contributed by atoms with Crippen LogP contribution >= 0.6 is 0 Å². The fourth-order valence-electron chi connectivity index (χ4n) is 2.76. The predicted octanol–water partition coefficient (Wildman–Crippen LogP) is 2.27. The molecule has 0 N–H and O–H groups in total. The molecule has 78 valence electrons. The lowest BCUT2D eigenvalue weighted by Gasteiger charge is -2.02. The normalized spacial score (nSPS) is 25.3. The van der Waals surface area contributed by atoms with Crippen LogP contribution in [0.25, 0.3) is 0 Å². The van der Waals surface area contributed by atoms with E-state index in [1.807, 2.05) is 0 Å². The highest BCUT2D eigenvalue weighted by Crippen LogP contribution is 2.59. The van der Waals surface area contributed by atoms with Crippen LogP contribution in [0.3, 0.4) is 0 Å². The maximum absolute atomic E-state index is 13.0. The van der Waals surface area contributed by atoms with Crippen LogP contribution in [0.4, 0.5) is 8.78 Å². The Balaban J connectivity index is 1.98. The van der Waals surface area contributed by atoms with Crippen molar-refractivity contribution in [2.24, 2.45) is 11.3 Å². The molecule has 0 aromatic heterocycles. The molecule has 1 aromatic carbocycles. The highest BCUT2D eigenvalue weighted by molar-refractivity contribution is 5.62. The second-order valence-corrected chi connectivity index (χ2v) is 4.70. The number of hydrogen-bond donors (Lipinski definition) is 0. The molecule has 2 aliphatic rings. The molecule has 1 nitrogen and oxygen atoms in total. The van der Waals surface area contributed by atoms with Gasteiger partial charge in [-0.05, 0) is 47.9 Å². The zero-order valence-corrected chi connectivity index (χ0v) is 8.09. The lowest BCUT2D eigenvalue weighted by molar-refractivity contribution is -0.109. The summed E-state index contributed by atoms with van der Waals surface area (Å²) in [6, 6.07) is 2.55. The monoisotopic (exact) mass is 208 g/mol. The molecule has 1 spiro atoms. The van der Waals surface area contributed by atoms with E-state index in [0.717, 1.165) is 36.7 Å². The summed E-state index contributed by atoms with van der Waals surface area (Å²) < 4.78 is 26.0. The van der Waals surface area contributed by atoms with E-state index in [1.165, 1.54) is 12.1 Å². The average Bonchev–Trinajstić information content (AvgIpc) is 2.74. The third-order valence-electron chi connectivity index (χ3n) is 3.74. The summed E-state index contributed by atoms with van der Waals surface area (Å²) in [5.41, 5.74) is 1.75. The summed E-state index contributed by atoms with van der Waals surface area (Å²) in [6.45, 7) is 0. The summed E-state index contributed by atoms with van der Waals surface area (Å²) in [5.74, 6) is -1.47. The first-order valence-corrected chi connectivity index (χ1v) is 5.07. The number of carbonyl (C=O) groups excluding carboxylic acids is 1. The molecule has 2 aliphatic carbocycles. The Hall–Kier alpha value is -1.25. The van der Waals surface area contributed by atoms with Crippen LogP contribution in [0.5, 0.6) is 0 Å². The van der Waals surface area contributed by atoms with Crippen LogP contribution < -0.4 is 0 Å². The molecular weight excluding hydrogens is 198 g/mol. The van der Waals surface area contributed by atoms with Crippen LogP contribution in [0.15, 0.2) is 12.1 Å². The molecule has 1 aromatic rings. The van der Waals surface area contributed by atoms with Gasteiger partial charge in [0, 0.05) is 5.92 Å². The van der Waals surface area contributed by atoms with E-state index in [0.29, 0.717) is 0 Å². The lowest BCUT2D eigenvalue weighted by atomic mass is 10.0. The van der Waals surface area contributed by atoms with Gasteiger partial charge >= 0.3 is 0 Å². The maximum Gasteiger partial charge on any atom is 0.159 e. The van der Waals surface area contributed by atoms with E-state index in [4.69, 9.17) is 0 Å². The number of fused-ring (bicyclic) bond motifs is 1. The molecule has 0 heterocycles. The fraction of sp³-hybridized carbons (Fsp3) is 0.417. The van der Waals surface area contributed by atoms with E-state index in [2.05, 4.69) is 0 Å². The molecule has 1 atom stereocenters. The maximum atomic E-state index is 13.0. The summed E-state index contributed by atoms with van der Waals surface area (Å²) in [5, 5.41) is 0. The van der Waals surface area contributed by atoms with Crippen LogP contribution in [0.1, 0.15) is 17.5 Å². The quantitative estimate of drug-likeness (QED) is 0.647. The summed E-state index contributed by atoms with van der Waals surface area (Å²) >= 11 is 0. The third-order valence-corrected chi connectivity index (χ3v) is 3.74. The molecule has 0 saturated heterocycles. The van der Waals surface area contributed by atoms with Gasteiger partial charge in [0.2, 0.25) is 0 Å². The molecule has 1 saturated carbocycles. The SMILES string of the molecule is O=CC1CC12Cc1cc(F)c(F)cc1C2. The number of benzene rings is 1. The van der Waals surface area contributed by atoms with E-state index < -0.39 is 11.6 Å². The Bertz CT molecular complexity index is 422. The van der Waals surface area contributed by atoms with Crippen molar-refractivity contribution in [2.45, 2.75) is 19.3 Å². The Morgan fingerprint density at radius 3 is 2.13 bits per heavy atom. The summed E-state index contributed by atoms with van der Waals surface area (Å²) in [7, 11) is 0. The van der Waals surface area contributed by atoms with Crippen molar-refractivity contribution in [3.05, 3.63) is 34.9 Å². The first kappa shape index (κ1) is 9.01. The molecule has 0 bridgehead atoms. The van der Waals surface area contributed by atoms with Gasteiger partial charge in [-0.25, -0.2) is 8.78 Å². The number of halogens is 2. The van der Waals surface area contributed by atoms with E-state index >= 15 is 0 Å². The van der Waals surface area contributed by atoms with Crippen molar-refractivity contribution in [2.75, 3.05) is 0 Å². The zero-order valence-electron chi connectivity index (χ0n) is 8.09. The second-order valence-electron chi connectivity index (χ2n) is 4.70. The van der Waals surface area contributed by atoms with Crippen LogP contribution in [-0.2, 0) is 17.6 Å². The molecule has 1 fully saturated rings. The lowest BCUT2D eigenvalue weighted by Crippen LogP contribution is -2.03. The number of rotatable bonds is 1. The Kier molecular flexibility index (Phi) is 1.59. The molecule has 0 aliphatic heterocycles. The van der Waals surface area contributed by atoms with Gasteiger partial charge in [-0.2, -0.15) is 0 Å². The van der Waals surface area contributed by atoms with Crippen molar-refractivity contribution in [1.82, 2.24) is 0 Å². The van der Waals surface area contributed by atoms with E-state index in [9.17, 15) is 13.6 Å². The molecule has 3 rings (SSSR count). The van der Waals surface area contributed by atoms with Crippen molar-refractivity contribution in [3.63, 3.8) is 0 Å². The molecule has 0 radical (unpaired) electrons. The minimum absolute atomic E-state index is 0.00428. The van der Waals surface area contributed by atoms with Crippen LogP contribution in [0.2, 0.25) is 0 Å². The predicted molar refractivity (Wildman–Crippen MR) is 50.4 cm³/mol. The van der Waals surface area contributed by atoms with Crippen LogP contribution in [-0.4, -0.2) is 6.29 Å². The third kappa shape index (κ3) is 1.15. The number of carbonyl (C=O) groups is 1. The van der Waals surface area contributed by atoms with Crippen molar-refractivity contribution >= 4 is 6.29 Å². The largest absolute Gasteiger partial charge is 0.303 e. The summed E-state index contributed by atoms with van der Waals surface area (Å²) in [4.78, 5) is 10.7. The molecule has 0 amide bonds. The van der Waals surface area contributed by atoms with Gasteiger partial charge in [-0.3, -0.25) is 0 Å². The molecule has 15 heavy (non-hydrogen) atoms. The first-order chi connectivity index (χ1) is 7.14. The van der Waals surface area contributed by atoms with Crippen molar-refractivity contribution in [1.29, 1.82) is 0 Å². The Morgan fingerprint density at radius 1 is 1.20 bits per heavy atom. The van der Waals surface area contributed by atoms with Gasteiger partial charge in [0.25, 0.3) is 0 Å². The second kappa shape index (κ2) is 2.65.